The minimum absolute atomic E-state index is 0.0133. The number of carbonyl (C=O) groups excluding carboxylic acids is 1. The maximum absolute atomic E-state index is 12.3. The number of nitrogens with one attached hydrogen (secondary N) is 1. The van der Waals surface area contributed by atoms with Crippen molar-refractivity contribution < 1.29 is 14.3 Å². The predicted octanol–water partition coefficient (Wildman–Crippen LogP) is 1.88. The highest BCUT2D eigenvalue weighted by Gasteiger charge is 2.43. The number of rotatable bonds is 4. The van der Waals surface area contributed by atoms with Gasteiger partial charge in [-0.15, -0.1) is 0 Å². The van der Waals surface area contributed by atoms with Crippen LogP contribution in [0.25, 0.3) is 0 Å². The second kappa shape index (κ2) is 6.53. The zero-order valence-corrected chi connectivity index (χ0v) is 11.4. The van der Waals surface area contributed by atoms with Crippen molar-refractivity contribution in [2.75, 3.05) is 26.3 Å². The minimum Gasteiger partial charge on any atom is -0.466 e. The molecule has 0 spiro atoms. The van der Waals surface area contributed by atoms with E-state index in [1.54, 1.807) is 0 Å². The van der Waals surface area contributed by atoms with Crippen LogP contribution in [0, 0.1) is 5.41 Å². The lowest BCUT2D eigenvalue weighted by molar-refractivity contribution is -0.161. The molecule has 2 saturated heterocycles. The van der Waals surface area contributed by atoms with Gasteiger partial charge in [-0.1, -0.05) is 0 Å². The van der Waals surface area contributed by atoms with Gasteiger partial charge in [-0.05, 0) is 58.5 Å². The Bertz CT molecular complexity index is 268. The smallest absolute Gasteiger partial charge is 0.312 e. The molecule has 2 rings (SSSR count). The van der Waals surface area contributed by atoms with Gasteiger partial charge in [0, 0.05) is 6.61 Å². The lowest BCUT2D eigenvalue weighted by atomic mass is 9.73. The summed E-state index contributed by atoms with van der Waals surface area (Å²) >= 11 is 0. The first-order chi connectivity index (χ1) is 8.77. The average Bonchev–Trinajstić information content (AvgIpc) is 2.41. The summed E-state index contributed by atoms with van der Waals surface area (Å²) < 4.78 is 11.1. The van der Waals surface area contributed by atoms with E-state index < -0.39 is 0 Å². The van der Waals surface area contributed by atoms with Gasteiger partial charge in [0.25, 0.3) is 0 Å². The Morgan fingerprint density at radius 1 is 1.39 bits per heavy atom. The van der Waals surface area contributed by atoms with Crippen molar-refractivity contribution in [3.05, 3.63) is 0 Å². The molecule has 0 aromatic rings. The summed E-state index contributed by atoms with van der Waals surface area (Å²) in [5.41, 5.74) is -0.302. The first kappa shape index (κ1) is 13.8. The van der Waals surface area contributed by atoms with Crippen molar-refractivity contribution in [3.8, 4) is 0 Å². The molecule has 0 radical (unpaired) electrons. The van der Waals surface area contributed by atoms with Crippen molar-refractivity contribution in [1.82, 2.24) is 5.32 Å². The Hall–Kier alpha value is -0.610. The molecule has 2 heterocycles. The second-order valence-corrected chi connectivity index (χ2v) is 5.44. The maximum atomic E-state index is 12.3. The topological polar surface area (TPSA) is 47.6 Å². The van der Waals surface area contributed by atoms with Gasteiger partial charge in [-0.3, -0.25) is 4.79 Å². The van der Waals surface area contributed by atoms with E-state index in [0.29, 0.717) is 6.61 Å². The maximum Gasteiger partial charge on any atom is 0.312 e. The van der Waals surface area contributed by atoms with Crippen LogP contribution in [0.15, 0.2) is 0 Å². The fraction of sp³-hybridized carbons (Fsp3) is 0.929. The molecule has 0 aromatic carbocycles. The van der Waals surface area contributed by atoms with Crippen LogP contribution in [-0.4, -0.2) is 38.4 Å². The molecule has 2 aliphatic rings. The van der Waals surface area contributed by atoms with Crippen LogP contribution in [0.2, 0.25) is 0 Å². The summed E-state index contributed by atoms with van der Waals surface area (Å²) in [4.78, 5) is 12.3. The quantitative estimate of drug-likeness (QED) is 0.779. The van der Waals surface area contributed by atoms with E-state index in [1.165, 1.54) is 6.42 Å². The lowest BCUT2D eigenvalue weighted by Crippen LogP contribution is -2.45. The normalized spacial score (nSPS) is 27.7. The van der Waals surface area contributed by atoms with Gasteiger partial charge in [0.2, 0.25) is 0 Å². The zero-order valence-electron chi connectivity index (χ0n) is 11.4. The highest BCUT2D eigenvalue weighted by atomic mass is 16.5. The van der Waals surface area contributed by atoms with Crippen LogP contribution in [0.4, 0.5) is 0 Å². The highest BCUT2D eigenvalue weighted by Crippen LogP contribution is 2.38. The van der Waals surface area contributed by atoms with Crippen molar-refractivity contribution in [2.45, 2.75) is 51.6 Å². The monoisotopic (exact) mass is 255 g/mol. The Morgan fingerprint density at radius 3 is 2.78 bits per heavy atom. The summed E-state index contributed by atoms with van der Waals surface area (Å²) in [6.07, 6.45) is 6.33. The SMILES string of the molecule is CCOC(=O)C1(CC2CCCCO2)CCNCC1. The first-order valence-corrected chi connectivity index (χ1v) is 7.26. The summed E-state index contributed by atoms with van der Waals surface area (Å²) in [6, 6.07) is 0. The standard InChI is InChI=1S/C14H25NO3/c1-2-17-13(16)14(6-8-15-9-7-14)11-12-5-3-4-10-18-12/h12,15H,2-11H2,1H3. The Balaban J connectivity index is 2.00. The first-order valence-electron chi connectivity index (χ1n) is 7.26. The molecule has 4 heteroatoms. The molecule has 1 atom stereocenters. The molecule has 0 bridgehead atoms. The molecule has 0 saturated carbocycles. The Morgan fingerprint density at radius 2 is 2.17 bits per heavy atom. The Labute approximate surface area is 109 Å². The van der Waals surface area contributed by atoms with Gasteiger partial charge < -0.3 is 14.8 Å². The van der Waals surface area contributed by atoms with E-state index in [2.05, 4.69) is 5.32 Å². The number of hydrogen-bond acceptors (Lipinski definition) is 4. The van der Waals surface area contributed by atoms with Crippen molar-refractivity contribution >= 4 is 5.97 Å². The molecule has 0 amide bonds. The summed E-state index contributed by atoms with van der Waals surface area (Å²) in [7, 11) is 0. The largest absolute Gasteiger partial charge is 0.466 e. The molecule has 18 heavy (non-hydrogen) atoms. The zero-order chi connectivity index (χ0) is 12.8. The molecule has 2 aliphatic heterocycles. The fourth-order valence-electron chi connectivity index (χ4n) is 3.09. The molecule has 4 nitrogen and oxygen atoms in total. The van der Waals surface area contributed by atoms with E-state index in [9.17, 15) is 4.79 Å². The molecule has 0 aromatic heterocycles. The second-order valence-electron chi connectivity index (χ2n) is 5.44. The third-order valence-electron chi connectivity index (χ3n) is 4.16. The van der Waals surface area contributed by atoms with Crippen molar-refractivity contribution in [3.63, 3.8) is 0 Å². The van der Waals surface area contributed by atoms with E-state index >= 15 is 0 Å². The number of carbonyl (C=O) groups is 1. The lowest BCUT2D eigenvalue weighted by Gasteiger charge is -2.38. The summed E-state index contributed by atoms with van der Waals surface area (Å²) in [5.74, 6) is -0.0133. The summed E-state index contributed by atoms with van der Waals surface area (Å²) in [5, 5.41) is 3.33. The van der Waals surface area contributed by atoms with Crippen molar-refractivity contribution in [1.29, 1.82) is 0 Å². The van der Waals surface area contributed by atoms with Gasteiger partial charge in [0.05, 0.1) is 18.1 Å². The molecule has 0 aliphatic carbocycles. The molecule has 1 N–H and O–H groups in total. The molecule has 104 valence electrons. The van der Waals surface area contributed by atoms with Crippen LogP contribution in [-0.2, 0) is 14.3 Å². The number of hydrogen-bond donors (Lipinski definition) is 1. The van der Waals surface area contributed by atoms with E-state index in [1.807, 2.05) is 6.92 Å². The van der Waals surface area contributed by atoms with Gasteiger partial charge in [0.15, 0.2) is 0 Å². The minimum atomic E-state index is -0.302. The third-order valence-corrected chi connectivity index (χ3v) is 4.16. The summed E-state index contributed by atoms with van der Waals surface area (Å²) in [6.45, 7) is 5.02. The average molecular weight is 255 g/mol. The van der Waals surface area contributed by atoms with Gasteiger partial charge in [-0.2, -0.15) is 0 Å². The molecule has 1 unspecified atom stereocenters. The highest BCUT2D eigenvalue weighted by molar-refractivity contribution is 5.77. The van der Waals surface area contributed by atoms with Crippen molar-refractivity contribution in [2.24, 2.45) is 5.41 Å². The number of esters is 1. The molecular weight excluding hydrogens is 230 g/mol. The fourth-order valence-corrected chi connectivity index (χ4v) is 3.09. The predicted molar refractivity (Wildman–Crippen MR) is 69.4 cm³/mol. The van der Waals surface area contributed by atoms with Gasteiger partial charge in [-0.25, -0.2) is 0 Å². The van der Waals surface area contributed by atoms with Crippen LogP contribution >= 0.6 is 0 Å². The van der Waals surface area contributed by atoms with Gasteiger partial charge >= 0.3 is 5.97 Å². The van der Waals surface area contributed by atoms with Crippen LogP contribution in [0.3, 0.4) is 0 Å². The van der Waals surface area contributed by atoms with Gasteiger partial charge in [0.1, 0.15) is 0 Å². The molecular formula is C14H25NO3. The van der Waals surface area contributed by atoms with E-state index in [4.69, 9.17) is 9.47 Å². The van der Waals surface area contributed by atoms with Crippen LogP contribution < -0.4 is 5.32 Å². The Kier molecular flexibility index (Phi) is 5.01. The van der Waals surface area contributed by atoms with E-state index in [0.717, 1.165) is 51.8 Å². The van der Waals surface area contributed by atoms with E-state index in [-0.39, 0.29) is 17.5 Å². The van der Waals surface area contributed by atoms with Crippen LogP contribution in [0.1, 0.15) is 45.4 Å². The molecule has 2 fully saturated rings. The van der Waals surface area contributed by atoms with Crippen LogP contribution in [0.5, 0.6) is 0 Å². The third kappa shape index (κ3) is 3.23. The number of piperidine rings is 1. The number of ether oxygens (including phenoxy) is 2.